The standard InChI is InChI=1S/C26H26F2N2O3/c1-32-23-5-3-4-22(25(23)33-2)26(31)30-16-14-29(15-17-30)24(18-6-10-20(27)11-7-18)19-8-12-21(28)13-9-19/h3-13,24H,14-17H2,1-2H3. The van der Waals surface area contributed by atoms with Crippen LogP contribution in [0.15, 0.2) is 66.7 Å². The Kier molecular flexibility index (Phi) is 6.89. The number of piperazine rings is 1. The lowest BCUT2D eigenvalue weighted by atomic mass is 9.96. The summed E-state index contributed by atoms with van der Waals surface area (Å²) in [4.78, 5) is 17.2. The highest BCUT2D eigenvalue weighted by molar-refractivity contribution is 5.98. The van der Waals surface area contributed by atoms with E-state index < -0.39 is 0 Å². The zero-order valence-corrected chi connectivity index (χ0v) is 18.6. The number of hydrogen-bond donors (Lipinski definition) is 0. The van der Waals surface area contributed by atoms with Crippen molar-refractivity contribution < 1.29 is 23.0 Å². The van der Waals surface area contributed by atoms with Crippen LogP contribution >= 0.6 is 0 Å². The fraction of sp³-hybridized carbons (Fsp3) is 0.269. The van der Waals surface area contributed by atoms with Gasteiger partial charge in [-0.1, -0.05) is 30.3 Å². The molecule has 0 aliphatic carbocycles. The van der Waals surface area contributed by atoms with Gasteiger partial charge < -0.3 is 14.4 Å². The molecule has 4 rings (SSSR count). The van der Waals surface area contributed by atoms with Crippen molar-refractivity contribution >= 4 is 5.91 Å². The number of nitrogens with zero attached hydrogens (tertiary/aromatic N) is 2. The summed E-state index contributed by atoms with van der Waals surface area (Å²) in [6, 6.07) is 17.8. The van der Waals surface area contributed by atoms with Gasteiger partial charge in [0.25, 0.3) is 5.91 Å². The molecule has 0 atom stereocenters. The lowest BCUT2D eigenvalue weighted by Gasteiger charge is -2.40. The Labute approximate surface area is 192 Å². The first-order valence-electron chi connectivity index (χ1n) is 10.8. The van der Waals surface area contributed by atoms with E-state index in [0.717, 1.165) is 11.1 Å². The Morgan fingerprint density at radius 1 is 0.788 bits per heavy atom. The summed E-state index contributed by atoms with van der Waals surface area (Å²) in [6.07, 6.45) is 0. The molecule has 3 aromatic carbocycles. The molecule has 5 nitrogen and oxygen atoms in total. The van der Waals surface area contributed by atoms with Gasteiger partial charge in [0.2, 0.25) is 0 Å². The number of amides is 1. The number of carbonyl (C=O) groups excluding carboxylic acids is 1. The second-order valence-corrected chi connectivity index (χ2v) is 7.87. The average molecular weight is 453 g/mol. The largest absolute Gasteiger partial charge is 0.493 e. The molecule has 1 aliphatic rings. The van der Waals surface area contributed by atoms with Crippen LogP contribution < -0.4 is 9.47 Å². The molecule has 0 saturated carbocycles. The van der Waals surface area contributed by atoms with Crippen LogP contribution in [-0.4, -0.2) is 56.1 Å². The van der Waals surface area contributed by atoms with Crippen LogP contribution in [0.1, 0.15) is 27.5 Å². The molecule has 7 heteroatoms. The van der Waals surface area contributed by atoms with Gasteiger partial charge in [-0.2, -0.15) is 0 Å². The SMILES string of the molecule is COc1cccc(C(=O)N2CCN(C(c3ccc(F)cc3)c3ccc(F)cc3)CC2)c1OC. The quantitative estimate of drug-likeness (QED) is 0.551. The van der Waals surface area contributed by atoms with Gasteiger partial charge in [0.1, 0.15) is 11.6 Å². The van der Waals surface area contributed by atoms with E-state index in [4.69, 9.17) is 9.47 Å². The van der Waals surface area contributed by atoms with E-state index in [1.165, 1.54) is 38.5 Å². The van der Waals surface area contributed by atoms with Crippen molar-refractivity contribution in [2.75, 3.05) is 40.4 Å². The van der Waals surface area contributed by atoms with Crippen molar-refractivity contribution in [2.45, 2.75) is 6.04 Å². The van der Waals surface area contributed by atoms with E-state index in [2.05, 4.69) is 4.90 Å². The molecule has 0 aromatic heterocycles. The minimum absolute atomic E-state index is 0.120. The van der Waals surface area contributed by atoms with Crippen LogP contribution in [0.25, 0.3) is 0 Å². The first-order chi connectivity index (χ1) is 16.0. The van der Waals surface area contributed by atoms with Crippen LogP contribution in [0.5, 0.6) is 11.5 Å². The van der Waals surface area contributed by atoms with Gasteiger partial charge in [-0.15, -0.1) is 0 Å². The molecular formula is C26H26F2N2O3. The number of methoxy groups -OCH3 is 2. The molecule has 1 saturated heterocycles. The Balaban J connectivity index is 1.55. The molecule has 172 valence electrons. The van der Waals surface area contributed by atoms with E-state index in [0.29, 0.717) is 43.2 Å². The number of hydrogen-bond acceptors (Lipinski definition) is 4. The molecule has 1 fully saturated rings. The third kappa shape index (κ3) is 4.83. The summed E-state index contributed by atoms with van der Waals surface area (Å²) in [5, 5.41) is 0. The van der Waals surface area contributed by atoms with Crippen molar-refractivity contribution in [2.24, 2.45) is 0 Å². The number of rotatable bonds is 6. The number of carbonyl (C=O) groups is 1. The van der Waals surface area contributed by atoms with E-state index in [-0.39, 0.29) is 23.6 Å². The number of benzene rings is 3. The highest BCUT2D eigenvalue weighted by atomic mass is 19.1. The molecule has 1 amide bonds. The molecule has 0 N–H and O–H groups in total. The molecule has 1 heterocycles. The molecule has 0 bridgehead atoms. The monoisotopic (exact) mass is 452 g/mol. The Hall–Kier alpha value is -3.45. The second kappa shape index (κ2) is 10.0. The molecule has 33 heavy (non-hydrogen) atoms. The third-order valence-electron chi connectivity index (χ3n) is 5.97. The van der Waals surface area contributed by atoms with Gasteiger partial charge in [-0.25, -0.2) is 8.78 Å². The number of ether oxygens (including phenoxy) is 2. The smallest absolute Gasteiger partial charge is 0.257 e. The van der Waals surface area contributed by atoms with Crippen molar-refractivity contribution in [3.8, 4) is 11.5 Å². The third-order valence-corrected chi connectivity index (χ3v) is 5.97. The van der Waals surface area contributed by atoms with Gasteiger partial charge in [0, 0.05) is 26.2 Å². The minimum Gasteiger partial charge on any atom is -0.493 e. The van der Waals surface area contributed by atoms with Crippen LogP contribution in [0.3, 0.4) is 0 Å². The van der Waals surface area contributed by atoms with Gasteiger partial charge in [-0.3, -0.25) is 9.69 Å². The number of para-hydroxylation sites is 1. The van der Waals surface area contributed by atoms with Crippen LogP contribution in [0.2, 0.25) is 0 Å². The summed E-state index contributed by atoms with van der Waals surface area (Å²) in [7, 11) is 3.05. The molecule has 0 radical (unpaired) electrons. The lowest BCUT2D eigenvalue weighted by Crippen LogP contribution is -2.50. The van der Waals surface area contributed by atoms with Gasteiger partial charge in [0.05, 0.1) is 25.8 Å². The summed E-state index contributed by atoms with van der Waals surface area (Å²) < 4.78 is 37.8. The molecule has 0 unspecified atom stereocenters. The maximum absolute atomic E-state index is 13.5. The van der Waals surface area contributed by atoms with Crippen molar-refractivity contribution in [1.82, 2.24) is 9.80 Å². The average Bonchev–Trinajstić information content (AvgIpc) is 2.86. The first-order valence-corrected chi connectivity index (χ1v) is 10.8. The highest BCUT2D eigenvalue weighted by Crippen LogP contribution is 2.33. The fourth-order valence-electron chi connectivity index (χ4n) is 4.31. The Morgan fingerprint density at radius 2 is 1.33 bits per heavy atom. The highest BCUT2D eigenvalue weighted by Gasteiger charge is 2.30. The summed E-state index contributed by atoms with van der Waals surface area (Å²) in [5.74, 6) is 0.196. The Bertz CT molecular complexity index is 1050. The van der Waals surface area contributed by atoms with Gasteiger partial charge in [-0.05, 0) is 47.5 Å². The maximum atomic E-state index is 13.5. The topological polar surface area (TPSA) is 42.0 Å². The van der Waals surface area contributed by atoms with Crippen LogP contribution in [0, 0.1) is 11.6 Å². The number of halogens is 2. The molecular weight excluding hydrogens is 426 g/mol. The normalized spacial score (nSPS) is 14.4. The van der Waals surface area contributed by atoms with Crippen LogP contribution in [0.4, 0.5) is 8.78 Å². The summed E-state index contributed by atoms with van der Waals surface area (Å²) in [5.41, 5.74) is 2.29. The lowest BCUT2D eigenvalue weighted by molar-refractivity contribution is 0.0593. The van der Waals surface area contributed by atoms with Crippen molar-refractivity contribution in [3.05, 3.63) is 95.1 Å². The van der Waals surface area contributed by atoms with E-state index in [9.17, 15) is 13.6 Å². The Morgan fingerprint density at radius 3 is 1.82 bits per heavy atom. The van der Waals surface area contributed by atoms with E-state index in [1.807, 2.05) is 0 Å². The van der Waals surface area contributed by atoms with E-state index in [1.54, 1.807) is 47.4 Å². The van der Waals surface area contributed by atoms with E-state index >= 15 is 0 Å². The van der Waals surface area contributed by atoms with Crippen LogP contribution in [-0.2, 0) is 0 Å². The zero-order valence-electron chi connectivity index (χ0n) is 18.6. The minimum atomic E-state index is -0.306. The summed E-state index contributed by atoms with van der Waals surface area (Å²) >= 11 is 0. The second-order valence-electron chi connectivity index (χ2n) is 7.87. The summed E-state index contributed by atoms with van der Waals surface area (Å²) in [6.45, 7) is 2.24. The predicted molar refractivity (Wildman–Crippen MR) is 122 cm³/mol. The maximum Gasteiger partial charge on any atom is 0.257 e. The van der Waals surface area contributed by atoms with Crippen molar-refractivity contribution in [3.63, 3.8) is 0 Å². The predicted octanol–water partition coefficient (Wildman–Crippen LogP) is 4.53. The fourth-order valence-corrected chi connectivity index (χ4v) is 4.31. The first kappa shape index (κ1) is 22.7. The van der Waals surface area contributed by atoms with Crippen molar-refractivity contribution in [1.29, 1.82) is 0 Å². The van der Waals surface area contributed by atoms with Gasteiger partial charge in [0.15, 0.2) is 11.5 Å². The molecule has 0 spiro atoms. The molecule has 3 aromatic rings. The molecule has 1 aliphatic heterocycles. The zero-order chi connectivity index (χ0) is 23.4. The van der Waals surface area contributed by atoms with Gasteiger partial charge >= 0.3 is 0 Å².